The SMILES string of the molecule is CC(C)(C)C1=CCN(C(=O)CC2CC2)CC1. The van der Waals surface area contributed by atoms with Crippen LogP contribution in [0.1, 0.15) is 46.5 Å². The molecule has 2 aliphatic rings. The van der Waals surface area contributed by atoms with Gasteiger partial charge in [-0.2, -0.15) is 0 Å². The molecule has 0 N–H and O–H groups in total. The van der Waals surface area contributed by atoms with Crippen molar-refractivity contribution in [2.75, 3.05) is 13.1 Å². The Morgan fingerprint density at radius 3 is 2.56 bits per heavy atom. The van der Waals surface area contributed by atoms with Crippen LogP contribution < -0.4 is 0 Å². The fourth-order valence-electron chi connectivity index (χ4n) is 2.27. The van der Waals surface area contributed by atoms with Crippen molar-refractivity contribution in [1.29, 1.82) is 0 Å². The molecule has 0 bridgehead atoms. The molecule has 1 aliphatic heterocycles. The number of carbonyl (C=O) groups is 1. The van der Waals surface area contributed by atoms with Crippen LogP contribution in [-0.4, -0.2) is 23.9 Å². The molecule has 16 heavy (non-hydrogen) atoms. The molecular formula is C14H23NO. The Morgan fingerprint density at radius 1 is 1.44 bits per heavy atom. The fourth-order valence-corrected chi connectivity index (χ4v) is 2.27. The van der Waals surface area contributed by atoms with Gasteiger partial charge in [-0.1, -0.05) is 32.4 Å². The van der Waals surface area contributed by atoms with E-state index in [9.17, 15) is 4.79 Å². The molecule has 0 aromatic heterocycles. The lowest BCUT2D eigenvalue weighted by molar-refractivity contribution is -0.131. The summed E-state index contributed by atoms with van der Waals surface area (Å²) >= 11 is 0. The van der Waals surface area contributed by atoms with Gasteiger partial charge in [-0.05, 0) is 30.6 Å². The molecule has 0 spiro atoms. The van der Waals surface area contributed by atoms with E-state index in [1.165, 1.54) is 18.4 Å². The number of amides is 1. The summed E-state index contributed by atoms with van der Waals surface area (Å²) in [6.45, 7) is 8.51. The largest absolute Gasteiger partial charge is 0.339 e. The lowest BCUT2D eigenvalue weighted by Crippen LogP contribution is -2.36. The van der Waals surface area contributed by atoms with Crippen molar-refractivity contribution in [2.45, 2.75) is 46.5 Å². The maximum atomic E-state index is 11.9. The molecule has 0 aromatic rings. The van der Waals surface area contributed by atoms with Crippen LogP contribution >= 0.6 is 0 Å². The van der Waals surface area contributed by atoms with E-state index in [1.54, 1.807) is 0 Å². The van der Waals surface area contributed by atoms with E-state index in [1.807, 2.05) is 4.90 Å². The molecule has 0 radical (unpaired) electrons. The van der Waals surface area contributed by atoms with E-state index in [2.05, 4.69) is 26.8 Å². The number of nitrogens with zero attached hydrogens (tertiary/aromatic N) is 1. The molecule has 1 saturated carbocycles. The van der Waals surface area contributed by atoms with E-state index in [-0.39, 0.29) is 5.41 Å². The quantitative estimate of drug-likeness (QED) is 0.656. The molecule has 90 valence electrons. The summed E-state index contributed by atoms with van der Waals surface area (Å²) in [4.78, 5) is 13.9. The zero-order valence-corrected chi connectivity index (χ0v) is 10.8. The van der Waals surface area contributed by atoms with Gasteiger partial charge in [0.2, 0.25) is 5.91 Å². The number of hydrogen-bond donors (Lipinski definition) is 0. The predicted octanol–water partition coefficient (Wildman–Crippen LogP) is 2.99. The van der Waals surface area contributed by atoms with Gasteiger partial charge in [0.1, 0.15) is 0 Å². The Hall–Kier alpha value is -0.790. The summed E-state index contributed by atoms with van der Waals surface area (Å²) in [6, 6.07) is 0. The first kappa shape index (κ1) is 11.7. The van der Waals surface area contributed by atoms with E-state index in [0.717, 1.165) is 25.9 Å². The molecular weight excluding hydrogens is 198 g/mol. The molecule has 2 heteroatoms. The van der Waals surface area contributed by atoms with Gasteiger partial charge in [0, 0.05) is 19.5 Å². The van der Waals surface area contributed by atoms with Gasteiger partial charge in [0.25, 0.3) is 0 Å². The molecule has 1 fully saturated rings. The highest BCUT2D eigenvalue weighted by Gasteiger charge is 2.28. The third kappa shape index (κ3) is 2.87. The third-order valence-corrected chi connectivity index (χ3v) is 3.69. The van der Waals surface area contributed by atoms with Gasteiger partial charge in [-0.15, -0.1) is 0 Å². The van der Waals surface area contributed by atoms with Crippen LogP contribution in [0.2, 0.25) is 0 Å². The number of hydrogen-bond acceptors (Lipinski definition) is 1. The van der Waals surface area contributed by atoms with Crippen LogP contribution in [0.15, 0.2) is 11.6 Å². The zero-order valence-electron chi connectivity index (χ0n) is 10.8. The van der Waals surface area contributed by atoms with Gasteiger partial charge in [0.05, 0.1) is 0 Å². The maximum absolute atomic E-state index is 11.9. The Kier molecular flexibility index (Phi) is 3.09. The van der Waals surface area contributed by atoms with E-state index >= 15 is 0 Å². The highest BCUT2D eigenvalue weighted by molar-refractivity contribution is 5.77. The molecule has 0 atom stereocenters. The topological polar surface area (TPSA) is 20.3 Å². The average Bonchev–Trinajstić information content (AvgIpc) is 3.00. The first-order valence-electron chi connectivity index (χ1n) is 6.44. The molecule has 2 nitrogen and oxygen atoms in total. The number of rotatable bonds is 2. The minimum atomic E-state index is 0.269. The standard InChI is InChI=1S/C14H23NO/c1-14(2,3)12-6-8-15(9-7-12)13(16)10-11-4-5-11/h6,11H,4-5,7-10H2,1-3H3. The molecule has 2 rings (SSSR count). The summed E-state index contributed by atoms with van der Waals surface area (Å²) < 4.78 is 0. The van der Waals surface area contributed by atoms with Gasteiger partial charge in [-0.3, -0.25) is 4.79 Å². The third-order valence-electron chi connectivity index (χ3n) is 3.69. The average molecular weight is 221 g/mol. The molecule has 0 saturated heterocycles. The Morgan fingerprint density at radius 2 is 2.12 bits per heavy atom. The Bertz CT molecular complexity index is 307. The minimum absolute atomic E-state index is 0.269. The van der Waals surface area contributed by atoms with Crippen molar-refractivity contribution in [3.05, 3.63) is 11.6 Å². The van der Waals surface area contributed by atoms with Crippen molar-refractivity contribution in [2.24, 2.45) is 11.3 Å². The van der Waals surface area contributed by atoms with Gasteiger partial charge in [-0.25, -0.2) is 0 Å². The second kappa shape index (κ2) is 4.23. The van der Waals surface area contributed by atoms with Crippen LogP contribution in [0.25, 0.3) is 0 Å². The van der Waals surface area contributed by atoms with Crippen LogP contribution in [0.5, 0.6) is 0 Å². The molecule has 0 aromatic carbocycles. The molecule has 0 unspecified atom stereocenters. The highest BCUT2D eigenvalue weighted by Crippen LogP contribution is 2.34. The van der Waals surface area contributed by atoms with Gasteiger partial charge in [0.15, 0.2) is 0 Å². The predicted molar refractivity (Wildman–Crippen MR) is 66.1 cm³/mol. The number of carbonyl (C=O) groups excluding carboxylic acids is 1. The summed E-state index contributed by atoms with van der Waals surface area (Å²) in [5, 5.41) is 0. The monoisotopic (exact) mass is 221 g/mol. The van der Waals surface area contributed by atoms with Crippen molar-refractivity contribution in [3.8, 4) is 0 Å². The fraction of sp³-hybridized carbons (Fsp3) is 0.786. The first-order chi connectivity index (χ1) is 7.47. The van der Waals surface area contributed by atoms with Crippen molar-refractivity contribution in [3.63, 3.8) is 0 Å². The van der Waals surface area contributed by atoms with Gasteiger partial charge < -0.3 is 4.90 Å². The van der Waals surface area contributed by atoms with Crippen LogP contribution in [0.3, 0.4) is 0 Å². The van der Waals surface area contributed by atoms with Crippen LogP contribution in [0, 0.1) is 11.3 Å². The smallest absolute Gasteiger partial charge is 0.223 e. The summed E-state index contributed by atoms with van der Waals surface area (Å²) in [7, 11) is 0. The summed E-state index contributed by atoms with van der Waals surface area (Å²) in [6.07, 6.45) is 6.64. The molecule has 1 aliphatic carbocycles. The van der Waals surface area contributed by atoms with Gasteiger partial charge >= 0.3 is 0 Å². The normalized spacial score (nSPS) is 21.9. The zero-order chi connectivity index (χ0) is 11.8. The summed E-state index contributed by atoms with van der Waals surface area (Å²) in [5.74, 6) is 1.08. The second-order valence-corrected chi connectivity index (χ2v) is 6.22. The van der Waals surface area contributed by atoms with Crippen molar-refractivity contribution >= 4 is 5.91 Å². The Balaban J connectivity index is 1.88. The van der Waals surface area contributed by atoms with Crippen molar-refractivity contribution in [1.82, 2.24) is 4.90 Å². The lowest BCUT2D eigenvalue weighted by Gasteiger charge is -2.32. The molecule has 1 heterocycles. The first-order valence-corrected chi connectivity index (χ1v) is 6.44. The van der Waals surface area contributed by atoms with Crippen molar-refractivity contribution < 1.29 is 4.79 Å². The van der Waals surface area contributed by atoms with Crippen LogP contribution in [-0.2, 0) is 4.79 Å². The highest BCUT2D eigenvalue weighted by atomic mass is 16.2. The minimum Gasteiger partial charge on any atom is -0.339 e. The van der Waals surface area contributed by atoms with E-state index in [0.29, 0.717) is 11.8 Å². The van der Waals surface area contributed by atoms with E-state index in [4.69, 9.17) is 0 Å². The maximum Gasteiger partial charge on any atom is 0.223 e. The lowest BCUT2D eigenvalue weighted by atomic mass is 9.83. The summed E-state index contributed by atoms with van der Waals surface area (Å²) in [5.41, 5.74) is 1.77. The Labute approximate surface area is 98.7 Å². The van der Waals surface area contributed by atoms with E-state index < -0.39 is 0 Å². The van der Waals surface area contributed by atoms with Crippen LogP contribution in [0.4, 0.5) is 0 Å². The molecule has 1 amide bonds. The second-order valence-electron chi connectivity index (χ2n) is 6.22.